The summed E-state index contributed by atoms with van der Waals surface area (Å²) in [6.07, 6.45) is 0. The average molecular weight is 748 g/mol. The number of para-hydroxylation sites is 1. The fourth-order valence-electron chi connectivity index (χ4n) is 8.32. The van der Waals surface area contributed by atoms with Crippen LogP contribution < -0.4 is 0 Å². The maximum absolute atomic E-state index is 6.75. The maximum Gasteiger partial charge on any atom is 0.164 e. The molecule has 0 radical (unpaired) electrons. The predicted octanol–water partition coefficient (Wildman–Crippen LogP) is 14.4. The summed E-state index contributed by atoms with van der Waals surface area (Å²) in [5, 5.41) is 6.70. The van der Waals surface area contributed by atoms with E-state index in [0.29, 0.717) is 17.5 Å². The zero-order valence-electron chi connectivity index (χ0n) is 30.3. The van der Waals surface area contributed by atoms with Crippen molar-refractivity contribution in [3.05, 3.63) is 176 Å². The highest BCUT2D eigenvalue weighted by molar-refractivity contribution is 7.25. The van der Waals surface area contributed by atoms with E-state index in [1.54, 1.807) is 0 Å². The highest BCUT2D eigenvalue weighted by Gasteiger charge is 2.21. The quantitative estimate of drug-likeness (QED) is 0.175. The van der Waals surface area contributed by atoms with E-state index in [1.165, 1.54) is 20.2 Å². The first kappa shape index (κ1) is 31.9. The van der Waals surface area contributed by atoms with E-state index in [4.69, 9.17) is 23.8 Å². The molecule has 0 aliphatic heterocycles. The van der Waals surface area contributed by atoms with Gasteiger partial charge in [0.1, 0.15) is 22.3 Å². The van der Waals surface area contributed by atoms with Crippen molar-refractivity contribution < 1.29 is 8.83 Å². The first-order valence-electron chi connectivity index (χ1n) is 18.9. The van der Waals surface area contributed by atoms with Crippen LogP contribution in [0.3, 0.4) is 0 Å². The van der Waals surface area contributed by atoms with Crippen LogP contribution in [0.5, 0.6) is 0 Å². The van der Waals surface area contributed by atoms with Crippen molar-refractivity contribution in [3.63, 3.8) is 0 Å². The van der Waals surface area contributed by atoms with Crippen molar-refractivity contribution in [2.45, 2.75) is 0 Å². The first-order valence-corrected chi connectivity index (χ1v) is 19.7. The topological polar surface area (TPSA) is 65.0 Å². The van der Waals surface area contributed by atoms with Crippen LogP contribution in [0.2, 0.25) is 0 Å². The van der Waals surface area contributed by atoms with Crippen LogP contribution in [0.15, 0.2) is 185 Å². The van der Waals surface area contributed by atoms with Crippen LogP contribution in [0.1, 0.15) is 0 Å². The Balaban J connectivity index is 1.03. The Morgan fingerprint density at radius 3 is 1.70 bits per heavy atom. The minimum absolute atomic E-state index is 0.589. The van der Waals surface area contributed by atoms with Gasteiger partial charge in [0.2, 0.25) is 0 Å². The van der Waals surface area contributed by atoms with Crippen LogP contribution in [0.25, 0.3) is 120 Å². The molecule has 8 aromatic carbocycles. The zero-order chi connectivity index (χ0) is 37.5. The molecule has 0 unspecified atom stereocenters. The fourth-order valence-corrected chi connectivity index (χ4v) is 9.46. The minimum atomic E-state index is 0.589. The molecule has 0 fully saturated rings. The minimum Gasteiger partial charge on any atom is -0.456 e. The number of aromatic nitrogens is 3. The van der Waals surface area contributed by atoms with Crippen LogP contribution in [-0.2, 0) is 0 Å². The third-order valence-corrected chi connectivity index (χ3v) is 12.1. The lowest BCUT2D eigenvalue weighted by atomic mass is 9.95. The van der Waals surface area contributed by atoms with Crippen molar-refractivity contribution in [2.75, 3.05) is 0 Å². The standard InChI is InChI=1S/C51H29N3O2S/c1-3-12-30(13-4-1)49-52-50(31-14-5-2-6-15-31)54-51(53-49)39-20-11-21-42-47(39)40-28-32(25-27-41(40)55-42)34-17-10-22-43-46(34)38-19-9-18-35(48(38)56-43)33-24-26-37-36-16-7-8-23-44(36)57-45(37)29-33/h1-29H. The van der Waals surface area contributed by atoms with E-state index < -0.39 is 0 Å². The lowest BCUT2D eigenvalue weighted by Crippen LogP contribution is -2.00. The second-order valence-electron chi connectivity index (χ2n) is 14.3. The number of rotatable bonds is 5. The molecule has 57 heavy (non-hydrogen) atoms. The molecule has 0 saturated carbocycles. The summed E-state index contributed by atoms with van der Waals surface area (Å²) < 4.78 is 15.8. The van der Waals surface area contributed by atoms with Gasteiger partial charge >= 0.3 is 0 Å². The highest BCUT2D eigenvalue weighted by atomic mass is 32.1. The van der Waals surface area contributed by atoms with Gasteiger partial charge in [0.15, 0.2) is 17.5 Å². The zero-order valence-corrected chi connectivity index (χ0v) is 31.1. The summed E-state index contributed by atoms with van der Waals surface area (Å²) in [7, 11) is 0. The molecule has 0 saturated heterocycles. The highest BCUT2D eigenvalue weighted by Crippen LogP contribution is 2.44. The van der Waals surface area contributed by atoms with Gasteiger partial charge in [-0.25, -0.2) is 15.0 Å². The molecule has 12 aromatic rings. The number of fused-ring (bicyclic) bond motifs is 9. The molecule has 0 atom stereocenters. The van der Waals surface area contributed by atoms with E-state index in [9.17, 15) is 0 Å². The molecule has 0 bridgehead atoms. The normalized spacial score (nSPS) is 11.9. The SMILES string of the molecule is c1ccc(-c2nc(-c3ccccc3)nc(-c3cccc4oc5ccc(-c6cccc7oc8c(-c9ccc%10c(c9)sc9ccccc9%10)cccc8c67)cc5c34)n2)cc1. The van der Waals surface area contributed by atoms with Gasteiger partial charge in [-0.15, -0.1) is 11.3 Å². The van der Waals surface area contributed by atoms with Crippen LogP contribution in [-0.4, -0.2) is 15.0 Å². The number of thiophene rings is 1. The average Bonchev–Trinajstić information content (AvgIpc) is 3.97. The van der Waals surface area contributed by atoms with Gasteiger partial charge in [-0.05, 0) is 53.1 Å². The molecule has 12 rings (SSSR count). The van der Waals surface area contributed by atoms with Gasteiger partial charge in [0.05, 0.1) is 0 Å². The molecule has 266 valence electrons. The number of benzene rings is 8. The second-order valence-corrected chi connectivity index (χ2v) is 15.4. The van der Waals surface area contributed by atoms with E-state index in [0.717, 1.165) is 82.8 Å². The summed E-state index contributed by atoms with van der Waals surface area (Å²) in [4.78, 5) is 15.1. The molecule has 0 amide bonds. The Morgan fingerprint density at radius 1 is 0.333 bits per heavy atom. The number of hydrogen-bond acceptors (Lipinski definition) is 6. The van der Waals surface area contributed by atoms with Crippen molar-refractivity contribution in [1.29, 1.82) is 0 Å². The third kappa shape index (κ3) is 5.12. The van der Waals surface area contributed by atoms with Gasteiger partial charge in [-0.1, -0.05) is 140 Å². The summed E-state index contributed by atoms with van der Waals surface area (Å²) in [5.74, 6) is 1.82. The molecule has 4 heterocycles. The summed E-state index contributed by atoms with van der Waals surface area (Å²) in [6, 6.07) is 60.8. The largest absolute Gasteiger partial charge is 0.456 e. The maximum atomic E-state index is 6.75. The Morgan fingerprint density at radius 2 is 0.912 bits per heavy atom. The van der Waals surface area contributed by atoms with Crippen molar-refractivity contribution in [3.8, 4) is 56.4 Å². The number of hydrogen-bond donors (Lipinski definition) is 0. The predicted molar refractivity (Wildman–Crippen MR) is 234 cm³/mol. The Bertz CT molecular complexity index is 3470. The van der Waals surface area contributed by atoms with Gasteiger partial charge < -0.3 is 8.83 Å². The van der Waals surface area contributed by atoms with Crippen LogP contribution in [0.4, 0.5) is 0 Å². The van der Waals surface area contributed by atoms with Crippen molar-refractivity contribution in [1.82, 2.24) is 15.0 Å². The third-order valence-electron chi connectivity index (χ3n) is 11.0. The summed E-state index contributed by atoms with van der Waals surface area (Å²) >= 11 is 1.83. The Hall–Kier alpha value is -7.41. The van der Waals surface area contributed by atoms with Crippen molar-refractivity contribution >= 4 is 75.4 Å². The monoisotopic (exact) mass is 747 g/mol. The molecule has 0 spiro atoms. The van der Waals surface area contributed by atoms with E-state index in [-0.39, 0.29) is 0 Å². The van der Waals surface area contributed by atoms with Crippen LogP contribution in [0, 0.1) is 0 Å². The fraction of sp³-hybridized carbons (Fsp3) is 0. The lowest BCUT2D eigenvalue weighted by molar-refractivity contribution is 0.669. The molecular formula is C51H29N3O2S. The molecule has 0 aliphatic rings. The van der Waals surface area contributed by atoms with E-state index >= 15 is 0 Å². The molecule has 6 heteroatoms. The van der Waals surface area contributed by atoms with Crippen LogP contribution >= 0.6 is 11.3 Å². The Labute approximate surface area is 330 Å². The number of nitrogens with zero attached hydrogens (tertiary/aromatic N) is 3. The van der Waals surface area contributed by atoms with Gasteiger partial charge in [-0.2, -0.15) is 0 Å². The second kappa shape index (κ2) is 12.6. The van der Waals surface area contributed by atoms with Crippen molar-refractivity contribution in [2.24, 2.45) is 0 Å². The molecular weight excluding hydrogens is 719 g/mol. The molecule has 0 aliphatic carbocycles. The molecule has 0 N–H and O–H groups in total. The summed E-state index contributed by atoms with van der Waals surface area (Å²) in [6.45, 7) is 0. The van der Waals surface area contributed by atoms with Gasteiger partial charge in [0.25, 0.3) is 0 Å². The smallest absolute Gasteiger partial charge is 0.164 e. The summed E-state index contributed by atoms with van der Waals surface area (Å²) in [5.41, 5.74) is 10.4. The van der Waals surface area contributed by atoms with Gasteiger partial charge in [0, 0.05) is 64.0 Å². The molecule has 4 aromatic heterocycles. The Kier molecular flexibility index (Phi) is 7.03. The van der Waals surface area contributed by atoms with E-state index in [1.807, 2.05) is 84.1 Å². The molecule has 5 nitrogen and oxygen atoms in total. The van der Waals surface area contributed by atoms with E-state index in [2.05, 4.69) is 103 Å². The van der Waals surface area contributed by atoms with Gasteiger partial charge in [-0.3, -0.25) is 0 Å². The lowest BCUT2D eigenvalue weighted by Gasteiger charge is -2.09. The number of furan rings is 2. The first-order chi connectivity index (χ1) is 28.2.